The number of benzene rings is 3. The van der Waals surface area contributed by atoms with Gasteiger partial charge in [-0.05, 0) is 67.1 Å². The monoisotopic (exact) mass is 401 g/mol. The molecule has 3 aromatic carbocycles. The number of rotatable bonds is 6. The van der Waals surface area contributed by atoms with Crippen molar-refractivity contribution < 1.29 is 14.2 Å². The molecule has 0 unspecified atom stereocenters. The van der Waals surface area contributed by atoms with Crippen LogP contribution in [0.4, 0.5) is 11.4 Å². The molecule has 6 heteroatoms. The van der Waals surface area contributed by atoms with Gasteiger partial charge in [0.1, 0.15) is 34.5 Å². The summed E-state index contributed by atoms with van der Waals surface area (Å²) in [6.45, 7) is 0. The topological polar surface area (TPSA) is 106 Å². The number of anilines is 2. The highest BCUT2D eigenvalue weighted by Crippen LogP contribution is 2.35. The number of hydrogen-bond acceptors (Lipinski definition) is 6. The van der Waals surface area contributed by atoms with Crippen LogP contribution in [0.25, 0.3) is 0 Å². The van der Waals surface area contributed by atoms with Gasteiger partial charge in [0.2, 0.25) is 0 Å². The van der Waals surface area contributed by atoms with Crippen molar-refractivity contribution in [3.63, 3.8) is 0 Å². The minimum Gasteiger partial charge on any atom is -0.461 e. The van der Waals surface area contributed by atoms with Crippen molar-refractivity contribution in [2.24, 2.45) is 5.73 Å². The first-order chi connectivity index (χ1) is 14.5. The highest BCUT2D eigenvalue weighted by Gasteiger charge is 2.11. The standard InChI is InChI=1S/C24H23N3O3/c25-16-1-7-19(8-2-16)28-22-13-23(29-20-9-3-17(26)4-10-20)15-24(14-22)30-21-11-5-18(27)6-12-21/h1-5,7-11,13-15H,6,12,25-27H2. The maximum atomic E-state index is 6.06. The van der Waals surface area contributed by atoms with Crippen molar-refractivity contribution in [1.82, 2.24) is 0 Å². The Kier molecular flexibility index (Phi) is 5.48. The fraction of sp³-hybridized carbons (Fsp3) is 0.0833. The Labute approximate surface area is 175 Å². The molecule has 0 fully saturated rings. The van der Waals surface area contributed by atoms with Crippen LogP contribution in [0.1, 0.15) is 12.8 Å². The number of hydrogen-bond donors (Lipinski definition) is 3. The molecule has 3 aromatic rings. The van der Waals surface area contributed by atoms with E-state index in [-0.39, 0.29) is 0 Å². The lowest BCUT2D eigenvalue weighted by Crippen LogP contribution is -2.05. The van der Waals surface area contributed by atoms with E-state index in [4.69, 9.17) is 31.4 Å². The van der Waals surface area contributed by atoms with Crippen LogP contribution in [-0.4, -0.2) is 0 Å². The molecule has 6 nitrogen and oxygen atoms in total. The fourth-order valence-corrected chi connectivity index (χ4v) is 2.94. The Morgan fingerprint density at radius 3 is 1.40 bits per heavy atom. The Bertz CT molecular complexity index is 1020. The van der Waals surface area contributed by atoms with E-state index < -0.39 is 0 Å². The third kappa shape index (κ3) is 5.05. The molecule has 0 atom stereocenters. The number of allylic oxidation sites excluding steroid dienone is 4. The molecule has 0 amide bonds. The summed E-state index contributed by atoms with van der Waals surface area (Å²) in [5.74, 6) is 3.91. The van der Waals surface area contributed by atoms with Crippen LogP contribution in [0, 0.1) is 0 Å². The summed E-state index contributed by atoms with van der Waals surface area (Å²) in [6.07, 6.45) is 5.24. The van der Waals surface area contributed by atoms with Crippen LogP contribution in [0.3, 0.4) is 0 Å². The fourth-order valence-electron chi connectivity index (χ4n) is 2.94. The van der Waals surface area contributed by atoms with E-state index in [0.29, 0.717) is 40.1 Å². The van der Waals surface area contributed by atoms with Gasteiger partial charge in [-0.2, -0.15) is 0 Å². The Morgan fingerprint density at radius 1 is 0.500 bits per heavy atom. The first-order valence-electron chi connectivity index (χ1n) is 9.58. The number of nitrogens with two attached hydrogens (primary N) is 3. The molecule has 0 aliphatic heterocycles. The minimum atomic E-state index is 0.578. The molecule has 30 heavy (non-hydrogen) atoms. The summed E-state index contributed by atoms with van der Waals surface area (Å²) in [4.78, 5) is 0. The van der Waals surface area contributed by atoms with Crippen molar-refractivity contribution in [3.8, 4) is 28.7 Å². The zero-order valence-electron chi connectivity index (χ0n) is 16.4. The van der Waals surface area contributed by atoms with Gasteiger partial charge in [-0.3, -0.25) is 0 Å². The lowest BCUT2D eigenvalue weighted by molar-refractivity contribution is 0.391. The minimum absolute atomic E-state index is 0.578. The van der Waals surface area contributed by atoms with Crippen molar-refractivity contribution >= 4 is 11.4 Å². The summed E-state index contributed by atoms with van der Waals surface area (Å²) < 4.78 is 18.0. The molecular formula is C24H23N3O3. The normalized spacial score (nSPS) is 13.2. The molecule has 6 N–H and O–H groups in total. The van der Waals surface area contributed by atoms with E-state index in [0.717, 1.165) is 24.3 Å². The first kappa shape index (κ1) is 19.3. The van der Waals surface area contributed by atoms with Crippen molar-refractivity contribution in [3.05, 3.63) is 90.3 Å². The molecule has 0 radical (unpaired) electrons. The van der Waals surface area contributed by atoms with Crippen LogP contribution in [-0.2, 0) is 0 Å². The summed E-state index contributed by atoms with van der Waals surface area (Å²) in [6, 6.07) is 19.8. The summed E-state index contributed by atoms with van der Waals surface area (Å²) in [5, 5.41) is 0. The number of nitrogen functional groups attached to an aromatic ring is 2. The highest BCUT2D eigenvalue weighted by molar-refractivity contribution is 5.49. The maximum absolute atomic E-state index is 6.06. The van der Waals surface area contributed by atoms with Crippen molar-refractivity contribution in [2.45, 2.75) is 12.8 Å². The molecule has 0 heterocycles. The van der Waals surface area contributed by atoms with Gasteiger partial charge in [0.05, 0.1) is 0 Å². The highest BCUT2D eigenvalue weighted by atomic mass is 16.5. The Morgan fingerprint density at radius 2 is 0.967 bits per heavy atom. The molecule has 152 valence electrons. The molecule has 0 saturated heterocycles. The van der Waals surface area contributed by atoms with Crippen molar-refractivity contribution in [2.75, 3.05) is 11.5 Å². The third-order valence-corrected chi connectivity index (χ3v) is 4.48. The van der Waals surface area contributed by atoms with Gasteiger partial charge in [-0.25, -0.2) is 0 Å². The van der Waals surface area contributed by atoms with Crippen LogP contribution < -0.4 is 31.4 Å². The molecule has 0 aromatic heterocycles. The van der Waals surface area contributed by atoms with Gasteiger partial charge < -0.3 is 31.4 Å². The van der Waals surface area contributed by atoms with Gasteiger partial charge in [0.15, 0.2) is 0 Å². The quantitative estimate of drug-likeness (QED) is 0.482. The smallest absolute Gasteiger partial charge is 0.134 e. The van der Waals surface area contributed by atoms with Gasteiger partial charge in [0.25, 0.3) is 0 Å². The lowest BCUT2D eigenvalue weighted by Gasteiger charge is -2.16. The van der Waals surface area contributed by atoms with E-state index in [1.165, 1.54) is 0 Å². The van der Waals surface area contributed by atoms with Crippen LogP contribution in [0.5, 0.6) is 28.7 Å². The molecule has 4 rings (SSSR count). The van der Waals surface area contributed by atoms with Gasteiger partial charge in [0, 0.05) is 41.7 Å². The first-order valence-corrected chi connectivity index (χ1v) is 9.58. The average molecular weight is 401 g/mol. The maximum Gasteiger partial charge on any atom is 0.134 e. The van der Waals surface area contributed by atoms with E-state index >= 15 is 0 Å². The van der Waals surface area contributed by atoms with E-state index in [1.807, 2.05) is 24.3 Å². The second kappa shape index (κ2) is 8.53. The summed E-state index contributed by atoms with van der Waals surface area (Å²) >= 11 is 0. The van der Waals surface area contributed by atoms with Crippen LogP contribution in [0.15, 0.2) is 90.3 Å². The molecule has 0 bridgehead atoms. The molecule has 1 aliphatic carbocycles. The van der Waals surface area contributed by atoms with E-state index in [9.17, 15) is 0 Å². The largest absolute Gasteiger partial charge is 0.461 e. The molecule has 0 saturated carbocycles. The second-order valence-corrected chi connectivity index (χ2v) is 6.96. The Balaban J connectivity index is 1.62. The molecule has 1 aliphatic rings. The van der Waals surface area contributed by atoms with E-state index in [2.05, 4.69) is 0 Å². The average Bonchev–Trinajstić information content (AvgIpc) is 2.73. The van der Waals surface area contributed by atoms with Crippen LogP contribution >= 0.6 is 0 Å². The molecule has 0 spiro atoms. The zero-order valence-corrected chi connectivity index (χ0v) is 16.4. The number of ether oxygens (including phenoxy) is 3. The predicted octanol–water partition coefficient (Wildman–Crippen LogP) is 5.33. The second-order valence-electron chi connectivity index (χ2n) is 6.96. The van der Waals surface area contributed by atoms with Gasteiger partial charge in [-0.15, -0.1) is 0 Å². The summed E-state index contributed by atoms with van der Waals surface area (Å²) in [5.41, 5.74) is 19.5. The third-order valence-electron chi connectivity index (χ3n) is 4.48. The molecular weight excluding hydrogens is 378 g/mol. The van der Waals surface area contributed by atoms with Crippen molar-refractivity contribution in [1.29, 1.82) is 0 Å². The SMILES string of the molecule is NC1=CC=C(Oc2cc(Oc3ccc(N)cc3)cc(Oc3ccc(N)cc3)c2)CC1. The Hall–Kier alpha value is -4.06. The summed E-state index contributed by atoms with van der Waals surface area (Å²) in [7, 11) is 0. The van der Waals surface area contributed by atoms with E-state index in [1.54, 1.807) is 54.6 Å². The van der Waals surface area contributed by atoms with Gasteiger partial charge in [-0.1, -0.05) is 0 Å². The van der Waals surface area contributed by atoms with Crippen LogP contribution in [0.2, 0.25) is 0 Å². The van der Waals surface area contributed by atoms with Gasteiger partial charge >= 0.3 is 0 Å². The predicted molar refractivity (Wildman–Crippen MR) is 119 cm³/mol. The zero-order chi connectivity index (χ0) is 20.9. The lowest BCUT2D eigenvalue weighted by atomic mass is 10.1.